The summed E-state index contributed by atoms with van der Waals surface area (Å²) in [6.07, 6.45) is 0. The number of Topliss-reactive ketones (excluding diaryl/α,β-unsaturated/α-hetero) is 1. The number of amides is 1. The molecule has 0 radical (unpaired) electrons. The zero-order valence-electron chi connectivity index (χ0n) is 14.6. The number of benzene rings is 2. The molecule has 0 saturated carbocycles. The highest BCUT2D eigenvalue weighted by atomic mass is 16.5. The number of carbonyl (C=O) groups excluding carboxylic acids is 2. The zero-order valence-corrected chi connectivity index (χ0v) is 14.6. The summed E-state index contributed by atoms with van der Waals surface area (Å²) in [5.74, 6) is -1.58. The Labute approximate surface area is 155 Å². The third-order valence-electron chi connectivity index (χ3n) is 3.70. The third kappa shape index (κ3) is 5.40. The number of ether oxygens (including phenoxy) is 1. The van der Waals surface area contributed by atoms with Gasteiger partial charge in [0.2, 0.25) is 0 Å². The summed E-state index contributed by atoms with van der Waals surface area (Å²) in [4.78, 5) is 35.2. The van der Waals surface area contributed by atoms with Crippen LogP contribution in [0.5, 0.6) is 5.75 Å². The van der Waals surface area contributed by atoms with Crippen LogP contribution in [0, 0.1) is 5.41 Å². The zero-order chi connectivity index (χ0) is 20.0. The molecular formula is C19H19N3O5. The number of nitrogens with two attached hydrogens (primary N) is 1. The Hall–Kier alpha value is -3.68. The topological polar surface area (TPSA) is 143 Å². The van der Waals surface area contributed by atoms with E-state index in [2.05, 4.69) is 5.32 Å². The third-order valence-corrected chi connectivity index (χ3v) is 3.70. The lowest BCUT2D eigenvalue weighted by molar-refractivity contribution is -0.139. The summed E-state index contributed by atoms with van der Waals surface area (Å²) in [5, 5.41) is 18.5. The fourth-order valence-electron chi connectivity index (χ4n) is 2.26. The number of rotatable bonds is 8. The molecule has 0 spiro atoms. The van der Waals surface area contributed by atoms with E-state index >= 15 is 0 Å². The highest BCUT2D eigenvalue weighted by Gasteiger charge is 2.18. The lowest BCUT2D eigenvalue weighted by Crippen LogP contribution is -2.38. The van der Waals surface area contributed by atoms with E-state index in [-0.39, 0.29) is 11.6 Å². The molecule has 8 heteroatoms. The van der Waals surface area contributed by atoms with Crippen LogP contribution in [-0.4, -0.2) is 41.3 Å². The van der Waals surface area contributed by atoms with Gasteiger partial charge in [-0.2, -0.15) is 0 Å². The van der Waals surface area contributed by atoms with Crippen LogP contribution in [-0.2, 0) is 4.79 Å². The molecule has 0 aliphatic carbocycles. The lowest BCUT2D eigenvalue weighted by atomic mass is 10.0. The van der Waals surface area contributed by atoms with E-state index < -0.39 is 24.5 Å². The Morgan fingerprint density at radius 3 is 2.07 bits per heavy atom. The molecular weight excluding hydrogens is 350 g/mol. The maximum atomic E-state index is 12.4. The minimum Gasteiger partial charge on any atom is -0.482 e. The summed E-state index contributed by atoms with van der Waals surface area (Å²) in [7, 11) is 0. The number of carbonyl (C=O) groups is 3. The highest BCUT2D eigenvalue weighted by molar-refractivity contribution is 6.04. The van der Waals surface area contributed by atoms with Gasteiger partial charge in [0.1, 0.15) is 11.6 Å². The second-order valence-corrected chi connectivity index (χ2v) is 5.76. The standard InChI is InChI=1S/C19H19N3O5/c1-11(22-19(26)14-4-2-13(3-5-14)18(20)21)17(25)12-6-8-15(9-7-12)27-10-16(23)24/h2-9,11H,10H2,1H3,(H3,20,21)(H,22,26)(H,23,24). The first-order valence-corrected chi connectivity index (χ1v) is 8.02. The molecule has 0 aliphatic heterocycles. The Balaban J connectivity index is 1.98. The molecule has 2 aromatic rings. The predicted octanol–water partition coefficient (Wildman–Crippen LogP) is 1.44. The number of carboxylic acids is 1. The first kappa shape index (κ1) is 19.6. The number of aliphatic carboxylic acids is 1. The maximum absolute atomic E-state index is 12.4. The molecule has 27 heavy (non-hydrogen) atoms. The molecule has 5 N–H and O–H groups in total. The molecule has 0 bridgehead atoms. The molecule has 1 atom stereocenters. The quantitative estimate of drug-likeness (QED) is 0.315. The molecule has 2 rings (SSSR count). The van der Waals surface area contributed by atoms with E-state index in [1.807, 2.05) is 0 Å². The molecule has 1 unspecified atom stereocenters. The van der Waals surface area contributed by atoms with Crippen LogP contribution in [0.3, 0.4) is 0 Å². The summed E-state index contributed by atoms with van der Waals surface area (Å²) in [5.41, 5.74) is 6.57. The predicted molar refractivity (Wildman–Crippen MR) is 98.3 cm³/mol. The Kier molecular flexibility index (Phi) is 6.27. The van der Waals surface area contributed by atoms with Crippen molar-refractivity contribution in [2.45, 2.75) is 13.0 Å². The van der Waals surface area contributed by atoms with Crippen molar-refractivity contribution < 1.29 is 24.2 Å². The molecule has 0 aromatic heterocycles. The van der Waals surface area contributed by atoms with E-state index in [1.54, 1.807) is 19.1 Å². The highest BCUT2D eigenvalue weighted by Crippen LogP contribution is 2.14. The Morgan fingerprint density at radius 2 is 1.56 bits per heavy atom. The van der Waals surface area contributed by atoms with E-state index in [1.165, 1.54) is 36.4 Å². The van der Waals surface area contributed by atoms with Gasteiger partial charge in [0.15, 0.2) is 12.4 Å². The van der Waals surface area contributed by atoms with Crippen molar-refractivity contribution in [1.29, 1.82) is 5.41 Å². The van der Waals surface area contributed by atoms with E-state index in [9.17, 15) is 14.4 Å². The van der Waals surface area contributed by atoms with Gasteiger partial charge in [0, 0.05) is 16.7 Å². The van der Waals surface area contributed by atoms with Crippen LogP contribution in [0.25, 0.3) is 0 Å². The number of hydrogen-bond donors (Lipinski definition) is 4. The fraction of sp³-hybridized carbons (Fsp3) is 0.158. The van der Waals surface area contributed by atoms with Gasteiger partial charge in [-0.1, -0.05) is 12.1 Å². The van der Waals surface area contributed by atoms with Crippen molar-refractivity contribution in [3.05, 3.63) is 65.2 Å². The van der Waals surface area contributed by atoms with Crippen molar-refractivity contribution >= 4 is 23.5 Å². The van der Waals surface area contributed by atoms with E-state index in [0.29, 0.717) is 22.4 Å². The number of amidine groups is 1. The van der Waals surface area contributed by atoms with Crippen LogP contribution in [0.15, 0.2) is 48.5 Å². The van der Waals surface area contributed by atoms with Crippen molar-refractivity contribution in [3.63, 3.8) is 0 Å². The van der Waals surface area contributed by atoms with Gasteiger partial charge in [-0.05, 0) is 43.3 Å². The van der Waals surface area contributed by atoms with Crippen molar-refractivity contribution in [1.82, 2.24) is 5.32 Å². The van der Waals surface area contributed by atoms with Gasteiger partial charge >= 0.3 is 5.97 Å². The minimum absolute atomic E-state index is 0.0960. The minimum atomic E-state index is -1.09. The van der Waals surface area contributed by atoms with Gasteiger partial charge in [0.25, 0.3) is 5.91 Å². The van der Waals surface area contributed by atoms with Crippen LogP contribution < -0.4 is 15.8 Å². The smallest absolute Gasteiger partial charge is 0.341 e. The second-order valence-electron chi connectivity index (χ2n) is 5.76. The number of carboxylic acid groups (broad SMARTS) is 1. The normalized spacial score (nSPS) is 11.3. The number of nitrogens with one attached hydrogen (secondary N) is 2. The molecule has 140 valence electrons. The number of hydrogen-bond acceptors (Lipinski definition) is 5. The first-order valence-electron chi connectivity index (χ1n) is 8.02. The summed E-state index contributed by atoms with van der Waals surface area (Å²) in [6.45, 7) is 1.10. The lowest BCUT2D eigenvalue weighted by Gasteiger charge is -2.13. The van der Waals surface area contributed by atoms with Gasteiger partial charge in [-0.25, -0.2) is 4.79 Å². The van der Waals surface area contributed by atoms with Crippen molar-refractivity contribution in [3.8, 4) is 5.75 Å². The summed E-state index contributed by atoms with van der Waals surface area (Å²) >= 11 is 0. The van der Waals surface area contributed by atoms with Crippen molar-refractivity contribution in [2.24, 2.45) is 5.73 Å². The average Bonchev–Trinajstić information content (AvgIpc) is 2.66. The van der Waals surface area contributed by atoms with Gasteiger partial charge in [-0.3, -0.25) is 15.0 Å². The average molecular weight is 369 g/mol. The fourth-order valence-corrected chi connectivity index (χ4v) is 2.26. The number of ketones is 1. The molecule has 8 nitrogen and oxygen atoms in total. The second kappa shape index (κ2) is 8.61. The summed E-state index contributed by atoms with van der Waals surface area (Å²) in [6, 6.07) is 11.4. The maximum Gasteiger partial charge on any atom is 0.341 e. The molecule has 0 heterocycles. The van der Waals surface area contributed by atoms with Crippen LogP contribution in [0.1, 0.15) is 33.2 Å². The first-order chi connectivity index (χ1) is 12.8. The molecule has 2 aromatic carbocycles. The van der Waals surface area contributed by atoms with Crippen LogP contribution in [0.2, 0.25) is 0 Å². The van der Waals surface area contributed by atoms with Crippen LogP contribution >= 0.6 is 0 Å². The molecule has 0 aliphatic rings. The van der Waals surface area contributed by atoms with Crippen molar-refractivity contribution in [2.75, 3.05) is 6.61 Å². The SMILES string of the molecule is CC(NC(=O)c1ccc(C(=N)N)cc1)C(=O)c1ccc(OCC(=O)O)cc1. The molecule has 1 amide bonds. The van der Waals surface area contributed by atoms with Crippen LogP contribution in [0.4, 0.5) is 0 Å². The Morgan fingerprint density at radius 1 is 1.04 bits per heavy atom. The van der Waals surface area contributed by atoms with Gasteiger partial charge in [-0.15, -0.1) is 0 Å². The monoisotopic (exact) mass is 369 g/mol. The van der Waals surface area contributed by atoms with E-state index in [0.717, 1.165) is 0 Å². The Bertz CT molecular complexity index is 860. The largest absolute Gasteiger partial charge is 0.482 e. The number of nitrogen functional groups attached to an aromatic ring is 1. The van der Waals surface area contributed by atoms with Gasteiger partial charge < -0.3 is 20.9 Å². The molecule has 0 saturated heterocycles. The summed E-state index contributed by atoms with van der Waals surface area (Å²) < 4.78 is 5.01. The van der Waals surface area contributed by atoms with E-state index in [4.69, 9.17) is 21.0 Å². The van der Waals surface area contributed by atoms with Gasteiger partial charge in [0.05, 0.1) is 6.04 Å². The molecule has 0 fully saturated rings.